The molecule has 1 aliphatic heterocycles. The van der Waals surface area contributed by atoms with Crippen LogP contribution in [-0.2, 0) is 4.79 Å². The Labute approximate surface area is 127 Å². The maximum absolute atomic E-state index is 13.0. The molecule has 1 saturated carbocycles. The first kappa shape index (κ1) is 14.6. The maximum atomic E-state index is 13.0. The van der Waals surface area contributed by atoms with Gasteiger partial charge in [-0.05, 0) is 25.3 Å². The molecule has 1 aliphatic carbocycles. The number of nitrogens with zero attached hydrogens (tertiary/aromatic N) is 1. The van der Waals surface area contributed by atoms with E-state index in [9.17, 15) is 4.79 Å². The van der Waals surface area contributed by atoms with Gasteiger partial charge in [-0.1, -0.05) is 49.6 Å². The fourth-order valence-corrected chi connectivity index (χ4v) is 3.71. The summed E-state index contributed by atoms with van der Waals surface area (Å²) in [6.07, 6.45) is 5.89. The van der Waals surface area contributed by atoms with Crippen molar-refractivity contribution in [2.24, 2.45) is 5.92 Å². The molecule has 0 spiro atoms. The lowest BCUT2D eigenvalue weighted by atomic mass is 9.87. The van der Waals surface area contributed by atoms with Gasteiger partial charge in [0.05, 0.1) is 6.04 Å². The summed E-state index contributed by atoms with van der Waals surface area (Å²) < 4.78 is 0. The molecule has 2 atom stereocenters. The Balaban J connectivity index is 1.79. The first-order valence-electron chi connectivity index (χ1n) is 8.34. The van der Waals surface area contributed by atoms with Crippen molar-refractivity contribution in [2.75, 3.05) is 13.1 Å². The number of carbonyl (C=O) groups excluding carboxylic acids is 1. The highest BCUT2D eigenvalue weighted by Gasteiger charge is 2.34. The molecule has 1 heterocycles. The van der Waals surface area contributed by atoms with Gasteiger partial charge in [0, 0.05) is 25.0 Å². The fraction of sp³-hybridized carbons (Fsp3) is 0.611. The van der Waals surface area contributed by atoms with E-state index in [1.54, 1.807) is 0 Å². The van der Waals surface area contributed by atoms with Crippen LogP contribution in [0, 0.1) is 5.92 Å². The minimum absolute atomic E-state index is 0.192. The summed E-state index contributed by atoms with van der Waals surface area (Å²) in [6.45, 7) is 3.86. The zero-order valence-corrected chi connectivity index (χ0v) is 12.9. The zero-order chi connectivity index (χ0) is 14.7. The number of hydrogen-bond donors (Lipinski definition) is 1. The smallest absolute Gasteiger partial charge is 0.226 e. The number of amides is 1. The average Bonchev–Trinajstić information content (AvgIpc) is 2.56. The van der Waals surface area contributed by atoms with Crippen molar-refractivity contribution in [1.29, 1.82) is 0 Å². The lowest BCUT2D eigenvalue weighted by molar-refractivity contribution is -0.140. The predicted octanol–water partition coefficient (Wildman–Crippen LogP) is 3.13. The Morgan fingerprint density at radius 1 is 1.14 bits per heavy atom. The van der Waals surface area contributed by atoms with Crippen LogP contribution in [0.15, 0.2) is 30.3 Å². The van der Waals surface area contributed by atoms with Gasteiger partial charge in [0.15, 0.2) is 0 Å². The molecular formula is C18H26N2O. The molecule has 0 aromatic heterocycles. The van der Waals surface area contributed by atoms with Crippen molar-refractivity contribution in [3.05, 3.63) is 35.9 Å². The molecule has 114 valence electrons. The third kappa shape index (κ3) is 3.29. The Morgan fingerprint density at radius 3 is 2.57 bits per heavy atom. The van der Waals surface area contributed by atoms with E-state index >= 15 is 0 Å². The lowest BCUT2D eigenvalue weighted by Crippen LogP contribution is -2.54. The predicted molar refractivity (Wildman–Crippen MR) is 84.9 cm³/mol. The number of rotatable bonds is 2. The second-order valence-corrected chi connectivity index (χ2v) is 6.56. The molecule has 1 saturated heterocycles. The molecule has 2 fully saturated rings. The van der Waals surface area contributed by atoms with E-state index < -0.39 is 0 Å². The maximum Gasteiger partial charge on any atom is 0.226 e. The van der Waals surface area contributed by atoms with E-state index in [1.165, 1.54) is 24.8 Å². The van der Waals surface area contributed by atoms with Crippen LogP contribution in [0.4, 0.5) is 0 Å². The van der Waals surface area contributed by atoms with Crippen molar-refractivity contribution in [3.63, 3.8) is 0 Å². The van der Waals surface area contributed by atoms with Crippen molar-refractivity contribution in [1.82, 2.24) is 10.2 Å². The van der Waals surface area contributed by atoms with Gasteiger partial charge < -0.3 is 10.2 Å². The minimum Gasteiger partial charge on any atom is -0.333 e. The fourth-order valence-electron chi connectivity index (χ4n) is 3.71. The molecule has 1 aromatic carbocycles. The van der Waals surface area contributed by atoms with Crippen LogP contribution in [-0.4, -0.2) is 29.9 Å². The summed E-state index contributed by atoms with van der Waals surface area (Å²) >= 11 is 0. The van der Waals surface area contributed by atoms with Crippen LogP contribution in [0.5, 0.6) is 0 Å². The van der Waals surface area contributed by atoms with Gasteiger partial charge in [-0.15, -0.1) is 0 Å². The minimum atomic E-state index is 0.192. The molecule has 1 N–H and O–H groups in total. The second-order valence-electron chi connectivity index (χ2n) is 6.56. The Hall–Kier alpha value is -1.35. The molecule has 21 heavy (non-hydrogen) atoms. The molecule has 0 radical (unpaired) electrons. The molecule has 2 aliphatic rings. The SMILES string of the molecule is CC1CN(C(=O)C2CCCCC2)C(c2ccccc2)CN1. The number of hydrogen-bond acceptors (Lipinski definition) is 2. The highest BCUT2D eigenvalue weighted by Crippen LogP contribution is 2.30. The topological polar surface area (TPSA) is 32.3 Å². The van der Waals surface area contributed by atoms with Gasteiger partial charge in [0.1, 0.15) is 0 Å². The monoisotopic (exact) mass is 286 g/mol. The Morgan fingerprint density at radius 2 is 1.86 bits per heavy atom. The summed E-state index contributed by atoms with van der Waals surface area (Å²) in [5.41, 5.74) is 1.25. The van der Waals surface area contributed by atoms with Crippen LogP contribution in [0.25, 0.3) is 0 Å². The van der Waals surface area contributed by atoms with E-state index in [0.29, 0.717) is 11.9 Å². The average molecular weight is 286 g/mol. The third-order valence-corrected chi connectivity index (χ3v) is 4.93. The Kier molecular flexibility index (Phi) is 4.59. The van der Waals surface area contributed by atoms with Crippen molar-refractivity contribution >= 4 is 5.91 Å². The Bertz CT molecular complexity index is 467. The summed E-state index contributed by atoms with van der Waals surface area (Å²) in [6, 6.07) is 11.0. The van der Waals surface area contributed by atoms with Crippen molar-refractivity contribution in [2.45, 2.75) is 51.1 Å². The summed E-state index contributed by atoms with van der Waals surface area (Å²) in [7, 11) is 0. The molecular weight excluding hydrogens is 260 g/mol. The first-order chi connectivity index (χ1) is 10.3. The molecule has 1 amide bonds. The molecule has 1 aromatic rings. The van der Waals surface area contributed by atoms with Gasteiger partial charge in [0.25, 0.3) is 0 Å². The highest BCUT2D eigenvalue weighted by atomic mass is 16.2. The van der Waals surface area contributed by atoms with Crippen molar-refractivity contribution < 1.29 is 4.79 Å². The molecule has 3 rings (SSSR count). The molecule has 3 heteroatoms. The van der Waals surface area contributed by atoms with E-state index in [0.717, 1.165) is 25.9 Å². The number of piperazine rings is 1. The number of benzene rings is 1. The molecule has 0 bridgehead atoms. The normalized spacial score (nSPS) is 27.6. The van der Waals surface area contributed by atoms with Gasteiger partial charge in [-0.3, -0.25) is 4.79 Å². The van der Waals surface area contributed by atoms with Gasteiger partial charge >= 0.3 is 0 Å². The third-order valence-electron chi connectivity index (χ3n) is 4.93. The van der Waals surface area contributed by atoms with Gasteiger partial charge in [-0.25, -0.2) is 0 Å². The van der Waals surface area contributed by atoms with E-state index in [-0.39, 0.29) is 12.0 Å². The summed E-state index contributed by atoms with van der Waals surface area (Å²) in [5.74, 6) is 0.646. The number of nitrogens with one attached hydrogen (secondary N) is 1. The van der Waals surface area contributed by atoms with Crippen molar-refractivity contribution in [3.8, 4) is 0 Å². The molecule has 3 nitrogen and oxygen atoms in total. The summed E-state index contributed by atoms with van der Waals surface area (Å²) in [5, 5.41) is 3.52. The summed E-state index contributed by atoms with van der Waals surface area (Å²) in [4.78, 5) is 15.1. The van der Waals surface area contributed by atoms with Crippen LogP contribution in [0.1, 0.15) is 50.6 Å². The standard InChI is InChI=1S/C18H26N2O/c1-14-13-20(18(21)16-10-6-3-7-11-16)17(12-19-14)15-8-4-2-5-9-15/h2,4-5,8-9,14,16-17,19H,3,6-7,10-13H2,1H3. The van der Waals surface area contributed by atoms with Crippen LogP contribution in [0.3, 0.4) is 0 Å². The first-order valence-corrected chi connectivity index (χ1v) is 8.34. The molecule has 2 unspecified atom stereocenters. The highest BCUT2D eigenvalue weighted by molar-refractivity contribution is 5.79. The van der Waals surface area contributed by atoms with Gasteiger partial charge in [0.2, 0.25) is 5.91 Å². The van der Waals surface area contributed by atoms with E-state index in [1.807, 2.05) is 6.07 Å². The quantitative estimate of drug-likeness (QED) is 0.906. The van der Waals surface area contributed by atoms with E-state index in [4.69, 9.17) is 0 Å². The van der Waals surface area contributed by atoms with Crippen LogP contribution < -0.4 is 5.32 Å². The van der Waals surface area contributed by atoms with E-state index in [2.05, 4.69) is 41.4 Å². The zero-order valence-electron chi connectivity index (χ0n) is 12.9. The second kappa shape index (κ2) is 6.61. The van der Waals surface area contributed by atoms with Crippen LogP contribution in [0.2, 0.25) is 0 Å². The number of carbonyl (C=O) groups is 1. The van der Waals surface area contributed by atoms with Crippen LogP contribution >= 0.6 is 0 Å². The lowest BCUT2D eigenvalue weighted by Gasteiger charge is -2.41. The largest absolute Gasteiger partial charge is 0.333 e. The van der Waals surface area contributed by atoms with Gasteiger partial charge in [-0.2, -0.15) is 0 Å².